The number of furan rings is 1. The van der Waals surface area contributed by atoms with E-state index in [2.05, 4.69) is 156 Å². The number of rotatable bonds is 5. The maximum absolute atomic E-state index is 6.60. The van der Waals surface area contributed by atoms with E-state index in [0.29, 0.717) is 17.5 Å². The molecule has 0 unspecified atom stereocenters. The lowest BCUT2D eigenvalue weighted by Gasteiger charge is -2.12. The summed E-state index contributed by atoms with van der Waals surface area (Å²) in [4.78, 5) is 15.4. The van der Waals surface area contributed by atoms with Crippen LogP contribution in [0.25, 0.3) is 126 Å². The molecule has 0 saturated heterocycles. The SMILES string of the molecule is c1ccc(-c2nc(-c3ccc4ccccc4c3)nc(-c3cccc4oc5ccc(-c6cccc7sc8cccc(-n9c%10ccccc%10c%10ccccc%109)c8c67)cc5c34)n2)cc1. The number of nitrogens with zero attached hydrogens (tertiary/aromatic N) is 4. The normalized spacial score (nSPS) is 11.9. The molecule has 0 bridgehead atoms. The highest BCUT2D eigenvalue weighted by Gasteiger charge is 2.21. The fourth-order valence-corrected chi connectivity index (χ4v) is 10.5. The van der Waals surface area contributed by atoms with Crippen molar-refractivity contribution in [1.82, 2.24) is 19.5 Å². The molecule has 284 valence electrons. The Labute approximate surface area is 353 Å². The fourth-order valence-electron chi connectivity index (χ4n) is 9.31. The molecule has 4 heterocycles. The van der Waals surface area contributed by atoms with Crippen molar-refractivity contribution in [3.63, 3.8) is 0 Å². The summed E-state index contributed by atoms with van der Waals surface area (Å²) >= 11 is 1.85. The molecule has 0 aliphatic carbocycles. The predicted octanol–water partition coefficient (Wildman–Crippen LogP) is 15.1. The van der Waals surface area contributed by atoms with Gasteiger partial charge in [-0.2, -0.15) is 0 Å². The van der Waals surface area contributed by atoms with Crippen LogP contribution in [-0.4, -0.2) is 19.5 Å². The van der Waals surface area contributed by atoms with E-state index >= 15 is 0 Å². The number of thiophene rings is 1. The van der Waals surface area contributed by atoms with Crippen molar-refractivity contribution in [3.8, 4) is 51.0 Å². The molecule has 0 fully saturated rings. The van der Waals surface area contributed by atoms with Gasteiger partial charge in [-0.3, -0.25) is 0 Å². The van der Waals surface area contributed by atoms with Crippen LogP contribution in [0.2, 0.25) is 0 Å². The van der Waals surface area contributed by atoms with E-state index < -0.39 is 0 Å². The van der Waals surface area contributed by atoms with Crippen LogP contribution in [0.5, 0.6) is 0 Å². The van der Waals surface area contributed by atoms with Gasteiger partial charge in [-0.25, -0.2) is 15.0 Å². The average molecular weight is 797 g/mol. The zero-order valence-corrected chi connectivity index (χ0v) is 33.4. The molecule has 0 aliphatic rings. The lowest BCUT2D eigenvalue weighted by atomic mass is 9.96. The number of fused-ring (bicyclic) bond motifs is 10. The van der Waals surface area contributed by atoms with E-state index in [1.165, 1.54) is 58.6 Å². The molecule has 61 heavy (non-hydrogen) atoms. The number of aromatic nitrogens is 4. The Morgan fingerprint density at radius 1 is 0.377 bits per heavy atom. The standard InChI is InChI=1S/C55H32N4OS/c1-2-14-34(15-3-1)53-56-54(37-28-27-33-13-4-5-16-35(33)31-37)58-55(57-53)41-20-10-24-47-50(41)42-32-36(29-30-46(42)60-47)38-19-11-25-48-51(38)52-45(23-12-26-49(52)61-48)59-43-21-8-6-17-39(43)40-18-7-9-22-44(40)59/h1-32H. The van der Waals surface area contributed by atoms with Gasteiger partial charge in [0.1, 0.15) is 11.2 Å². The van der Waals surface area contributed by atoms with Crippen molar-refractivity contribution >= 4 is 86.0 Å². The second kappa shape index (κ2) is 13.3. The Bertz CT molecular complexity index is 3840. The molecule has 13 aromatic rings. The van der Waals surface area contributed by atoms with Crippen LogP contribution in [-0.2, 0) is 0 Å². The maximum Gasteiger partial charge on any atom is 0.164 e. The molecule has 0 aliphatic heterocycles. The number of hydrogen-bond acceptors (Lipinski definition) is 5. The molecule has 0 atom stereocenters. The largest absolute Gasteiger partial charge is 0.456 e. The first kappa shape index (κ1) is 34.0. The zero-order chi connectivity index (χ0) is 40.0. The highest BCUT2D eigenvalue weighted by atomic mass is 32.1. The Kier molecular flexibility index (Phi) is 7.41. The summed E-state index contributed by atoms with van der Waals surface area (Å²) in [5.74, 6) is 1.84. The van der Waals surface area contributed by atoms with Gasteiger partial charge in [0, 0.05) is 58.4 Å². The molecule has 5 nitrogen and oxygen atoms in total. The van der Waals surface area contributed by atoms with E-state index in [4.69, 9.17) is 19.4 Å². The molecular formula is C55H32N4OS. The minimum absolute atomic E-state index is 0.595. The molecule has 6 heteroatoms. The maximum atomic E-state index is 6.60. The minimum Gasteiger partial charge on any atom is -0.456 e. The molecule has 0 radical (unpaired) electrons. The first-order chi connectivity index (χ1) is 30.2. The minimum atomic E-state index is 0.595. The highest BCUT2D eigenvalue weighted by molar-refractivity contribution is 7.26. The molecule has 0 amide bonds. The van der Waals surface area contributed by atoms with Crippen LogP contribution in [0.4, 0.5) is 0 Å². The number of para-hydroxylation sites is 2. The van der Waals surface area contributed by atoms with Crippen molar-refractivity contribution < 1.29 is 4.42 Å². The summed E-state index contributed by atoms with van der Waals surface area (Å²) in [6, 6.07) is 68.5. The third-order valence-corrected chi connectivity index (χ3v) is 13.2. The van der Waals surface area contributed by atoms with Crippen molar-refractivity contribution in [1.29, 1.82) is 0 Å². The molecule has 0 saturated carbocycles. The van der Waals surface area contributed by atoms with E-state index in [-0.39, 0.29) is 0 Å². The predicted molar refractivity (Wildman–Crippen MR) is 254 cm³/mol. The molecule has 9 aromatic carbocycles. The highest BCUT2D eigenvalue weighted by Crippen LogP contribution is 2.46. The lowest BCUT2D eigenvalue weighted by molar-refractivity contribution is 0.669. The molecule has 4 aromatic heterocycles. The van der Waals surface area contributed by atoms with Gasteiger partial charge in [0.25, 0.3) is 0 Å². The second-order valence-electron chi connectivity index (χ2n) is 15.5. The Hall–Kier alpha value is -7.93. The van der Waals surface area contributed by atoms with Gasteiger partial charge in [-0.05, 0) is 76.5 Å². The summed E-state index contributed by atoms with van der Waals surface area (Å²) in [5, 5.41) is 9.29. The Morgan fingerprint density at radius 2 is 1.02 bits per heavy atom. The number of benzene rings is 9. The summed E-state index contributed by atoms with van der Waals surface area (Å²) in [6.45, 7) is 0. The summed E-state index contributed by atoms with van der Waals surface area (Å²) < 4.78 is 11.6. The molecule has 0 N–H and O–H groups in total. The van der Waals surface area contributed by atoms with Gasteiger partial charge in [0.2, 0.25) is 0 Å². The van der Waals surface area contributed by atoms with Crippen molar-refractivity contribution in [3.05, 3.63) is 194 Å². The van der Waals surface area contributed by atoms with Crippen LogP contribution < -0.4 is 0 Å². The Balaban J connectivity index is 1.03. The van der Waals surface area contributed by atoms with Crippen LogP contribution in [0, 0.1) is 0 Å². The smallest absolute Gasteiger partial charge is 0.164 e. The van der Waals surface area contributed by atoms with Gasteiger partial charge in [0.15, 0.2) is 17.5 Å². The summed E-state index contributed by atoms with van der Waals surface area (Å²) in [7, 11) is 0. The first-order valence-corrected chi connectivity index (χ1v) is 21.2. The summed E-state index contributed by atoms with van der Waals surface area (Å²) in [6.07, 6.45) is 0. The van der Waals surface area contributed by atoms with Crippen LogP contribution in [0.15, 0.2) is 199 Å². The molecule has 0 spiro atoms. The van der Waals surface area contributed by atoms with Gasteiger partial charge >= 0.3 is 0 Å². The first-order valence-electron chi connectivity index (χ1n) is 20.4. The van der Waals surface area contributed by atoms with E-state index in [0.717, 1.165) is 49.6 Å². The van der Waals surface area contributed by atoms with E-state index in [9.17, 15) is 0 Å². The van der Waals surface area contributed by atoms with Crippen molar-refractivity contribution in [2.24, 2.45) is 0 Å². The van der Waals surface area contributed by atoms with E-state index in [1.54, 1.807) is 0 Å². The van der Waals surface area contributed by atoms with E-state index in [1.807, 2.05) is 53.8 Å². The van der Waals surface area contributed by atoms with Crippen molar-refractivity contribution in [2.45, 2.75) is 0 Å². The topological polar surface area (TPSA) is 56.7 Å². The van der Waals surface area contributed by atoms with Gasteiger partial charge in [0.05, 0.1) is 16.7 Å². The third kappa shape index (κ3) is 5.29. The molecular weight excluding hydrogens is 765 g/mol. The second-order valence-corrected chi connectivity index (χ2v) is 16.6. The van der Waals surface area contributed by atoms with Gasteiger partial charge in [-0.15, -0.1) is 11.3 Å². The summed E-state index contributed by atoms with van der Waals surface area (Å²) in [5.41, 5.74) is 10.2. The lowest BCUT2D eigenvalue weighted by Crippen LogP contribution is -2.00. The van der Waals surface area contributed by atoms with Crippen LogP contribution >= 0.6 is 11.3 Å². The monoisotopic (exact) mass is 796 g/mol. The van der Waals surface area contributed by atoms with Gasteiger partial charge < -0.3 is 8.98 Å². The third-order valence-electron chi connectivity index (χ3n) is 12.0. The Morgan fingerprint density at radius 3 is 1.84 bits per heavy atom. The average Bonchev–Trinajstić information content (AvgIpc) is 4.01. The van der Waals surface area contributed by atoms with Crippen molar-refractivity contribution in [2.75, 3.05) is 0 Å². The van der Waals surface area contributed by atoms with Crippen LogP contribution in [0.1, 0.15) is 0 Å². The van der Waals surface area contributed by atoms with Gasteiger partial charge in [-0.1, -0.05) is 140 Å². The molecule has 13 rings (SSSR count). The zero-order valence-electron chi connectivity index (χ0n) is 32.6. The fraction of sp³-hybridized carbons (Fsp3) is 0. The van der Waals surface area contributed by atoms with Crippen LogP contribution in [0.3, 0.4) is 0 Å². The number of hydrogen-bond donors (Lipinski definition) is 0. The quantitative estimate of drug-likeness (QED) is 0.174.